The van der Waals surface area contributed by atoms with Crippen molar-refractivity contribution in [2.75, 3.05) is 13.1 Å². The van der Waals surface area contributed by atoms with Crippen LogP contribution < -0.4 is 5.32 Å². The second-order valence-electron chi connectivity index (χ2n) is 5.34. The molecular formula is C18H17Cl2NS. The predicted octanol–water partition coefficient (Wildman–Crippen LogP) is 5.83. The van der Waals surface area contributed by atoms with E-state index in [-0.39, 0.29) is 0 Å². The summed E-state index contributed by atoms with van der Waals surface area (Å²) in [5.41, 5.74) is 3.99. The molecule has 22 heavy (non-hydrogen) atoms. The van der Waals surface area contributed by atoms with Gasteiger partial charge in [-0.2, -0.15) is 0 Å². The zero-order valence-electron chi connectivity index (χ0n) is 12.3. The van der Waals surface area contributed by atoms with Crippen LogP contribution in [0.4, 0.5) is 0 Å². The fraction of sp³-hybridized carbons (Fsp3) is 0.222. The quantitative estimate of drug-likeness (QED) is 0.747. The van der Waals surface area contributed by atoms with Gasteiger partial charge in [0.2, 0.25) is 0 Å². The second-order valence-corrected chi connectivity index (χ2v) is 7.21. The fourth-order valence-corrected chi connectivity index (χ4v) is 4.02. The Labute approximate surface area is 145 Å². The van der Waals surface area contributed by atoms with E-state index in [0.717, 1.165) is 24.4 Å². The Morgan fingerprint density at radius 3 is 2.73 bits per heavy atom. The van der Waals surface area contributed by atoms with Gasteiger partial charge in [-0.05, 0) is 49.2 Å². The average Bonchev–Trinajstić information content (AvgIpc) is 2.54. The van der Waals surface area contributed by atoms with Crippen LogP contribution >= 0.6 is 35.0 Å². The SMILES string of the molecule is Cc1ccc(Sc2cccc(Cl)c2Cl)c(C2=CCNCC2)c1. The largest absolute Gasteiger partial charge is 0.313 e. The van der Waals surface area contributed by atoms with Crippen LogP contribution in [0.15, 0.2) is 52.3 Å². The molecule has 0 radical (unpaired) electrons. The number of hydrogen-bond acceptors (Lipinski definition) is 2. The van der Waals surface area contributed by atoms with Crippen molar-refractivity contribution in [3.63, 3.8) is 0 Å². The lowest BCUT2D eigenvalue weighted by Gasteiger charge is -2.18. The van der Waals surface area contributed by atoms with Gasteiger partial charge in [0.05, 0.1) is 10.0 Å². The normalized spacial score (nSPS) is 14.8. The molecule has 0 fully saturated rings. The Bertz CT molecular complexity index is 725. The monoisotopic (exact) mass is 349 g/mol. The summed E-state index contributed by atoms with van der Waals surface area (Å²) in [6.07, 6.45) is 3.34. The highest BCUT2D eigenvalue weighted by molar-refractivity contribution is 7.99. The number of hydrogen-bond donors (Lipinski definition) is 1. The molecule has 2 aromatic carbocycles. The van der Waals surface area contributed by atoms with Crippen LogP contribution in [0.1, 0.15) is 17.5 Å². The first-order valence-electron chi connectivity index (χ1n) is 7.28. The minimum absolute atomic E-state index is 0.599. The van der Waals surface area contributed by atoms with E-state index in [4.69, 9.17) is 23.2 Å². The van der Waals surface area contributed by atoms with Gasteiger partial charge in [0, 0.05) is 16.3 Å². The molecule has 0 spiro atoms. The maximum absolute atomic E-state index is 6.34. The molecule has 0 atom stereocenters. The van der Waals surface area contributed by atoms with Crippen molar-refractivity contribution >= 4 is 40.5 Å². The van der Waals surface area contributed by atoms with Crippen LogP contribution in [0.25, 0.3) is 5.57 Å². The number of nitrogens with one attached hydrogen (secondary N) is 1. The third-order valence-electron chi connectivity index (χ3n) is 3.68. The summed E-state index contributed by atoms with van der Waals surface area (Å²) in [6.45, 7) is 4.10. The molecule has 4 heteroatoms. The van der Waals surface area contributed by atoms with Crippen molar-refractivity contribution in [1.82, 2.24) is 5.32 Å². The summed E-state index contributed by atoms with van der Waals surface area (Å²) < 4.78 is 0. The highest BCUT2D eigenvalue weighted by Crippen LogP contribution is 2.40. The third kappa shape index (κ3) is 3.52. The van der Waals surface area contributed by atoms with Crippen LogP contribution in [0.2, 0.25) is 10.0 Å². The molecule has 0 aromatic heterocycles. The molecule has 1 heterocycles. The van der Waals surface area contributed by atoms with Crippen molar-refractivity contribution < 1.29 is 0 Å². The van der Waals surface area contributed by atoms with E-state index < -0.39 is 0 Å². The zero-order valence-corrected chi connectivity index (χ0v) is 14.7. The molecular weight excluding hydrogens is 333 g/mol. The van der Waals surface area contributed by atoms with E-state index in [0.29, 0.717) is 10.0 Å². The molecule has 0 bridgehead atoms. The molecule has 0 amide bonds. The number of aryl methyl sites for hydroxylation is 1. The molecule has 1 nitrogen and oxygen atoms in total. The van der Waals surface area contributed by atoms with Crippen molar-refractivity contribution in [1.29, 1.82) is 0 Å². The smallest absolute Gasteiger partial charge is 0.0731 e. The lowest BCUT2D eigenvalue weighted by Crippen LogP contribution is -2.20. The van der Waals surface area contributed by atoms with Gasteiger partial charge in [-0.25, -0.2) is 0 Å². The summed E-state index contributed by atoms with van der Waals surface area (Å²) in [5.74, 6) is 0. The molecule has 0 saturated heterocycles. The molecule has 3 rings (SSSR count). The topological polar surface area (TPSA) is 12.0 Å². The van der Waals surface area contributed by atoms with E-state index >= 15 is 0 Å². The van der Waals surface area contributed by atoms with E-state index in [1.54, 1.807) is 11.8 Å². The lowest BCUT2D eigenvalue weighted by molar-refractivity contribution is 0.737. The first kappa shape index (κ1) is 15.9. The first-order chi connectivity index (χ1) is 10.6. The molecule has 114 valence electrons. The van der Waals surface area contributed by atoms with Gasteiger partial charge in [0.25, 0.3) is 0 Å². The van der Waals surface area contributed by atoms with Crippen molar-refractivity contribution in [3.05, 3.63) is 63.6 Å². The van der Waals surface area contributed by atoms with E-state index in [1.807, 2.05) is 18.2 Å². The highest BCUT2D eigenvalue weighted by Gasteiger charge is 2.13. The molecule has 0 unspecified atom stereocenters. The fourth-order valence-electron chi connectivity index (χ4n) is 2.53. The Hall–Kier alpha value is -0.930. The summed E-state index contributed by atoms with van der Waals surface area (Å²) in [6, 6.07) is 12.4. The van der Waals surface area contributed by atoms with E-state index in [9.17, 15) is 0 Å². The van der Waals surface area contributed by atoms with Crippen molar-refractivity contribution in [3.8, 4) is 0 Å². The summed E-state index contributed by atoms with van der Waals surface area (Å²) in [4.78, 5) is 2.22. The number of benzene rings is 2. The van der Waals surface area contributed by atoms with Crippen molar-refractivity contribution in [2.45, 2.75) is 23.1 Å². The number of rotatable bonds is 3. The summed E-state index contributed by atoms with van der Waals surface area (Å²) >= 11 is 14.1. The van der Waals surface area contributed by atoms with E-state index in [1.165, 1.54) is 21.6 Å². The average molecular weight is 350 g/mol. The van der Waals surface area contributed by atoms with Crippen LogP contribution in [-0.4, -0.2) is 13.1 Å². The standard InChI is InChI=1S/C18H17Cl2NS/c1-12-5-6-16(14(11-12)13-7-9-21-10-8-13)22-17-4-2-3-15(19)18(17)20/h2-7,11,21H,8-10H2,1H3. The van der Waals surface area contributed by atoms with Gasteiger partial charge in [0.15, 0.2) is 0 Å². The molecule has 1 aliphatic rings. The summed E-state index contributed by atoms with van der Waals surface area (Å²) in [7, 11) is 0. The Morgan fingerprint density at radius 1 is 1.09 bits per heavy atom. The second kappa shape index (κ2) is 7.10. The first-order valence-corrected chi connectivity index (χ1v) is 8.85. The Balaban J connectivity index is 2.00. The van der Waals surface area contributed by atoms with Gasteiger partial charge in [-0.3, -0.25) is 0 Å². The Kier molecular flexibility index (Phi) is 5.14. The maximum atomic E-state index is 6.34. The van der Waals surface area contributed by atoms with Crippen LogP contribution in [0.5, 0.6) is 0 Å². The zero-order chi connectivity index (χ0) is 15.5. The molecule has 0 saturated carbocycles. The minimum atomic E-state index is 0.599. The van der Waals surface area contributed by atoms with Crippen LogP contribution in [-0.2, 0) is 0 Å². The van der Waals surface area contributed by atoms with Gasteiger partial charge in [-0.15, -0.1) is 0 Å². The summed E-state index contributed by atoms with van der Waals surface area (Å²) in [5, 5.41) is 4.59. The van der Waals surface area contributed by atoms with Gasteiger partial charge in [0.1, 0.15) is 0 Å². The predicted molar refractivity (Wildman–Crippen MR) is 97.2 cm³/mol. The maximum Gasteiger partial charge on any atom is 0.0731 e. The molecule has 1 aliphatic heterocycles. The lowest BCUT2D eigenvalue weighted by atomic mass is 9.99. The van der Waals surface area contributed by atoms with Gasteiger partial charge >= 0.3 is 0 Å². The number of halogens is 2. The van der Waals surface area contributed by atoms with E-state index in [2.05, 4.69) is 36.5 Å². The van der Waals surface area contributed by atoms with Gasteiger partial charge in [-0.1, -0.05) is 64.8 Å². The Morgan fingerprint density at radius 2 is 1.95 bits per heavy atom. The van der Waals surface area contributed by atoms with Gasteiger partial charge < -0.3 is 5.32 Å². The molecule has 0 aliphatic carbocycles. The van der Waals surface area contributed by atoms with Crippen LogP contribution in [0.3, 0.4) is 0 Å². The molecule has 1 N–H and O–H groups in total. The highest BCUT2D eigenvalue weighted by atomic mass is 35.5. The third-order valence-corrected chi connectivity index (χ3v) is 5.75. The van der Waals surface area contributed by atoms with Crippen molar-refractivity contribution in [2.24, 2.45) is 0 Å². The minimum Gasteiger partial charge on any atom is -0.313 e. The van der Waals surface area contributed by atoms with Crippen LogP contribution in [0, 0.1) is 6.92 Å². The molecule has 2 aromatic rings.